The Bertz CT molecular complexity index is 357. The first-order valence-electron chi connectivity index (χ1n) is 6.02. The molecule has 1 saturated carbocycles. The Morgan fingerprint density at radius 1 is 1.44 bits per heavy atom. The van der Waals surface area contributed by atoms with E-state index in [2.05, 4.69) is 43.2 Å². The fourth-order valence-electron chi connectivity index (χ4n) is 1.84. The molecule has 1 unspecified atom stereocenters. The third kappa shape index (κ3) is 2.80. The summed E-state index contributed by atoms with van der Waals surface area (Å²) in [5.41, 5.74) is 0.460. The van der Waals surface area contributed by atoms with Crippen molar-refractivity contribution in [1.82, 2.24) is 15.5 Å². The molecule has 0 radical (unpaired) electrons. The Balaban J connectivity index is 1.84. The molecular weight excluding hydrogens is 218 g/mol. The van der Waals surface area contributed by atoms with Crippen LogP contribution in [0.1, 0.15) is 50.0 Å². The van der Waals surface area contributed by atoms with Crippen molar-refractivity contribution < 1.29 is 0 Å². The molecule has 0 amide bonds. The highest BCUT2D eigenvalue weighted by Crippen LogP contribution is 2.58. The normalized spacial score (nSPS) is 22.7. The first-order chi connectivity index (χ1) is 7.49. The van der Waals surface area contributed by atoms with Gasteiger partial charge in [0.2, 0.25) is 0 Å². The van der Waals surface area contributed by atoms with E-state index in [4.69, 9.17) is 0 Å². The molecule has 1 heterocycles. The van der Waals surface area contributed by atoms with Crippen molar-refractivity contribution >= 4 is 11.3 Å². The van der Waals surface area contributed by atoms with Crippen LogP contribution in [-0.4, -0.2) is 16.7 Å². The van der Waals surface area contributed by atoms with Crippen LogP contribution < -0.4 is 5.32 Å². The second kappa shape index (κ2) is 4.41. The number of hydrogen-bond donors (Lipinski definition) is 1. The quantitative estimate of drug-likeness (QED) is 0.858. The molecule has 1 aliphatic rings. The van der Waals surface area contributed by atoms with Gasteiger partial charge in [0, 0.05) is 12.5 Å². The standard InChI is InChI=1S/C12H21N3S/c1-8(2)6-13-7-10-14-15-11(16-10)9-5-12(9,3)4/h8-9,13H,5-7H2,1-4H3. The van der Waals surface area contributed by atoms with E-state index < -0.39 is 0 Å². The average molecular weight is 239 g/mol. The summed E-state index contributed by atoms with van der Waals surface area (Å²) in [7, 11) is 0. The molecule has 1 atom stereocenters. The minimum Gasteiger partial charge on any atom is -0.310 e. The highest BCUT2D eigenvalue weighted by atomic mass is 32.1. The maximum absolute atomic E-state index is 4.30. The lowest BCUT2D eigenvalue weighted by Crippen LogP contribution is -2.18. The second-order valence-electron chi connectivity index (χ2n) is 5.80. The van der Waals surface area contributed by atoms with Crippen LogP contribution >= 0.6 is 11.3 Å². The number of hydrogen-bond acceptors (Lipinski definition) is 4. The Morgan fingerprint density at radius 2 is 2.12 bits per heavy atom. The van der Waals surface area contributed by atoms with Crippen LogP contribution in [0.2, 0.25) is 0 Å². The maximum atomic E-state index is 4.30. The molecule has 0 saturated heterocycles. The maximum Gasteiger partial charge on any atom is 0.131 e. The SMILES string of the molecule is CC(C)CNCc1nnc(C2CC2(C)C)s1. The summed E-state index contributed by atoms with van der Waals surface area (Å²) >= 11 is 1.77. The first-order valence-corrected chi connectivity index (χ1v) is 6.83. The molecule has 1 aromatic heterocycles. The van der Waals surface area contributed by atoms with Crippen LogP contribution in [0.5, 0.6) is 0 Å². The van der Waals surface area contributed by atoms with Crippen LogP contribution in [0.15, 0.2) is 0 Å². The van der Waals surface area contributed by atoms with Crippen LogP contribution in [-0.2, 0) is 6.54 Å². The molecule has 16 heavy (non-hydrogen) atoms. The van der Waals surface area contributed by atoms with Crippen LogP contribution in [0.3, 0.4) is 0 Å². The van der Waals surface area contributed by atoms with E-state index in [-0.39, 0.29) is 0 Å². The summed E-state index contributed by atoms with van der Waals surface area (Å²) in [5, 5.41) is 14.3. The minimum absolute atomic E-state index is 0.460. The molecule has 0 bridgehead atoms. The van der Waals surface area contributed by atoms with Gasteiger partial charge in [0.15, 0.2) is 0 Å². The molecule has 90 valence electrons. The van der Waals surface area contributed by atoms with Crippen molar-refractivity contribution in [3.63, 3.8) is 0 Å². The summed E-state index contributed by atoms with van der Waals surface area (Å²) in [6.45, 7) is 10.9. The summed E-state index contributed by atoms with van der Waals surface area (Å²) in [6.07, 6.45) is 1.26. The third-order valence-electron chi connectivity index (χ3n) is 3.12. The van der Waals surface area contributed by atoms with Crippen molar-refractivity contribution in [2.24, 2.45) is 11.3 Å². The minimum atomic E-state index is 0.460. The van der Waals surface area contributed by atoms with E-state index in [1.165, 1.54) is 11.4 Å². The Hall–Kier alpha value is -0.480. The van der Waals surface area contributed by atoms with E-state index in [1.54, 1.807) is 11.3 Å². The zero-order valence-corrected chi connectivity index (χ0v) is 11.4. The third-order valence-corrected chi connectivity index (χ3v) is 4.16. The van der Waals surface area contributed by atoms with Gasteiger partial charge in [-0.2, -0.15) is 0 Å². The molecule has 1 aromatic rings. The number of nitrogens with zero attached hydrogens (tertiary/aromatic N) is 2. The van der Waals surface area contributed by atoms with Gasteiger partial charge in [-0.05, 0) is 24.3 Å². The van der Waals surface area contributed by atoms with Crippen LogP contribution in [0.4, 0.5) is 0 Å². The Labute approximate surface area is 102 Å². The van der Waals surface area contributed by atoms with Gasteiger partial charge in [0.25, 0.3) is 0 Å². The van der Waals surface area contributed by atoms with Gasteiger partial charge in [-0.25, -0.2) is 0 Å². The summed E-state index contributed by atoms with van der Waals surface area (Å²) in [4.78, 5) is 0. The molecular formula is C12H21N3S. The largest absolute Gasteiger partial charge is 0.310 e. The highest BCUT2D eigenvalue weighted by molar-refractivity contribution is 7.11. The van der Waals surface area contributed by atoms with E-state index in [1.807, 2.05) is 0 Å². The number of aromatic nitrogens is 2. The molecule has 1 aliphatic carbocycles. The summed E-state index contributed by atoms with van der Waals surface area (Å²) in [5.74, 6) is 1.35. The van der Waals surface area contributed by atoms with Gasteiger partial charge in [0.05, 0.1) is 0 Å². The topological polar surface area (TPSA) is 37.8 Å². The first kappa shape index (κ1) is 12.0. The lowest BCUT2D eigenvalue weighted by atomic mass is 10.1. The van der Waals surface area contributed by atoms with E-state index in [9.17, 15) is 0 Å². The van der Waals surface area contributed by atoms with Gasteiger partial charge < -0.3 is 5.32 Å². The second-order valence-corrected chi connectivity index (χ2v) is 6.90. The molecule has 1 N–H and O–H groups in total. The summed E-state index contributed by atoms with van der Waals surface area (Å²) < 4.78 is 0. The van der Waals surface area contributed by atoms with Crippen molar-refractivity contribution in [3.05, 3.63) is 10.0 Å². The molecule has 3 nitrogen and oxygen atoms in total. The zero-order valence-electron chi connectivity index (χ0n) is 10.6. The van der Waals surface area contributed by atoms with Gasteiger partial charge in [-0.1, -0.05) is 39.0 Å². The van der Waals surface area contributed by atoms with Crippen molar-refractivity contribution in [2.75, 3.05) is 6.54 Å². The zero-order chi connectivity index (χ0) is 11.8. The molecule has 0 aliphatic heterocycles. The van der Waals surface area contributed by atoms with Crippen LogP contribution in [0, 0.1) is 11.3 Å². The predicted octanol–water partition coefficient (Wildman–Crippen LogP) is 2.80. The summed E-state index contributed by atoms with van der Waals surface area (Å²) in [6, 6.07) is 0. The number of rotatable bonds is 5. The molecule has 4 heteroatoms. The van der Waals surface area contributed by atoms with Gasteiger partial charge >= 0.3 is 0 Å². The monoisotopic (exact) mass is 239 g/mol. The van der Waals surface area contributed by atoms with Gasteiger partial charge in [-0.3, -0.25) is 0 Å². The van der Waals surface area contributed by atoms with Gasteiger partial charge in [-0.15, -0.1) is 10.2 Å². The fraction of sp³-hybridized carbons (Fsp3) is 0.833. The van der Waals surface area contributed by atoms with Crippen molar-refractivity contribution in [3.8, 4) is 0 Å². The molecule has 1 fully saturated rings. The number of nitrogens with one attached hydrogen (secondary N) is 1. The van der Waals surface area contributed by atoms with E-state index >= 15 is 0 Å². The molecule has 2 rings (SSSR count). The smallest absolute Gasteiger partial charge is 0.131 e. The fourth-order valence-corrected chi connectivity index (χ4v) is 2.96. The van der Waals surface area contributed by atoms with E-state index in [0.717, 1.165) is 18.1 Å². The molecule has 0 aromatic carbocycles. The van der Waals surface area contributed by atoms with Crippen molar-refractivity contribution in [2.45, 2.75) is 46.6 Å². The Kier molecular flexibility index (Phi) is 3.31. The van der Waals surface area contributed by atoms with Gasteiger partial charge in [0.1, 0.15) is 10.0 Å². The molecule has 0 spiro atoms. The van der Waals surface area contributed by atoms with Crippen LogP contribution in [0.25, 0.3) is 0 Å². The van der Waals surface area contributed by atoms with E-state index in [0.29, 0.717) is 17.3 Å². The predicted molar refractivity (Wildman–Crippen MR) is 67.6 cm³/mol. The average Bonchev–Trinajstić information content (AvgIpc) is 2.60. The van der Waals surface area contributed by atoms with Crippen molar-refractivity contribution in [1.29, 1.82) is 0 Å². The lowest BCUT2D eigenvalue weighted by Gasteiger charge is -2.04. The lowest BCUT2D eigenvalue weighted by molar-refractivity contribution is 0.550. The highest BCUT2D eigenvalue weighted by Gasteiger charge is 2.48. The Morgan fingerprint density at radius 3 is 2.69 bits per heavy atom.